The Morgan fingerprint density at radius 1 is 1.24 bits per heavy atom. The number of aryl methyl sites for hydroxylation is 1. The van der Waals surface area contributed by atoms with Crippen molar-refractivity contribution < 1.29 is 9.18 Å². The third-order valence-corrected chi connectivity index (χ3v) is 4.41. The molecule has 1 amide bonds. The lowest BCUT2D eigenvalue weighted by Gasteiger charge is -2.12. The molecule has 1 unspecified atom stereocenters. The molecule has 2 nitrogen and oxygen atoms in total. The summed E-state index contributed by atoms with van der Waals surface area (Å²) >= 11 is 1.56. The summed E-state index contributed by atoms with van der Waals surface area (Å²) < 4.78 is 13.2. The van der Waals surface area contributed by atoms with E-state index in [-0.39, 0.29) is 17.0 Å². The maximum atomic E-state index is 13.2. The van der Waals surface area contributed by atoms with Crippen LogP contribution in [0.4, 0.5) is 10.1 Å². The predicted octanol–water partition coefficient (Wildman–Crippen LogP) is 4.57. The SMILES string of the molecule is Cc1ccc(F)cc1NC(=O)CSC(C)c1ccccc1. The first-order valence-corrected chi connectivity index (χ1v) is 7.83. The van der Waals surface area contributed by atoms with Gasteiger partial charge in [0, 0.05) is 10.9 Å². The van der Waals surface area contributed by atoms with Crippen LogP contribution in [0.1, 0.15) is 23.3 Å². The van der Waals surface area contributed by atoms with Crippen LogP contribution in [0, 0.1) is 12.7 Å². The second-order valence-corrected chi connectivity index (χ2v) is 6.20. The number of thioether (sulfide) groups is 1. The molecule has 0 fully saturated rings. The smallest absolute Gasteiger partial charge is 0.234 e. The number of amides is 1. The Hall–Kier alpha value is -1.81. The van der Waals surface area contributed by atoms with Gasteiger partial charge >= 0.3 is 0 Å². The summed E-state index contributed by atoms with van der Waals surface area (Å²) in [5.74, 6) is -0.121. The fourth-order valence-electron chi connectivity index (χ4n) is 1.94. The highest BCUT2D eigenvalue weighted by molar-refractivity contribution is 8.00. The number of nitrogens with one attached hydrogen (secondary N) is 1. The van der Waals surface area contributed by atoms with E-state index in [1.807, 2.05) is 37.3 Å². The Morgan fingerprint density at radius 3 is 2.67 bits per heavy atom. The fraction of sp³-hybridized carbons (Fsp3) is 0.235. The standard InChI is InChI=1S/C17H18FNOS/c1-12-8-9-15(18)10-16(12)19-17(20)11-21-13(2)14-6-4-3-5-7-14/h3-10,13H,11H2,1-2H3,(H,19,20). The molecule has 0 saturated carbocycles. The van der Waals surface area contributed by atoms with Crippen LogP contribution in [0.5, 0.6) is 0 Å². The molecule has 0 heterocycles. The van der Waals surface area contributed by atoms with Crippen LogP contribution < -0.4 is 5.32 Å². The van der Waals surface area contributed by atoms with Crippen molar-refractivity contribution in [2.24, 2.45) is 0 Å². The van der Waals surface area contributed by atoms with E-state index in [1.165, 1.54) is 17.7 Å². The van der Waals surface area contributed by atoms with Gasteiger partial charge in [-0.2, -0.15) is 0 Å². The zero-order valence-corrected chi connectivity index (χ0v) is 12.9. The van der Waals surface area contributed by atoms with E-state index >= 15 is 0 Å². The average molecular weight is 303 g/mol. The van der Waals surface area contributed by atoms with Crippen molar-refractivity contribution in [2.75, 3.05) is 11.1 Å². The van der Waals surface area contributed by atoms with Gasteiger partial charge in [0.1, 0.15) is 5.82 Å². The summed E-state index contributed by atoms with van der Waals surface area (Å²) in [6.45, 7) is 3.91. The third kappa shape index (κ3) is 4.60. The number of rotatable bonds is 5. The number of benzene rings is 2. The molecule has 2 aromatic carbocycles. The third-order valence-electron chi connectivity index (χ3n) is 3.21. The Kier molecular flexibility index (Phi) is 5.39. The Labute approximate surface area is 128 Å². The minimum atomic E-state index is -0.346. The molecule has 0 aliphatic rings. The molecule has 2 rings (SSSR count). The van der Waals surface area contributed by atoms with E-state index < -0.39 is 0 Å². The van der Waals surface area contributed by atoms with Gasteiger partial charge in [0.2, 0.25) is 5.91 Å². The van der Waals surface area contributed by atoms with Crippen molar-refractivity contribution in [3.63, 3.8) is 0 Å². The van der Waals surface area contributed by atoms with Gasteiger partial charge in [-0.25, -0.2) is 4.39 Å². The molecule has 0 aliphatic heterocycles. The number of halogens is 1. The second kappa shape index (κ2) is 7.27. The minimum absolute atomic E-state index is 0.114. The first kappa shape index (κ1) is 15.6. The van der Waals surface area contributed by atoms with Gasteiger partial charge in [-0.1, -0.05) is 36.4 Å². The summed E-state index contributed by atoms with van der Waals surface area (Å²) in [5, 5.41) is 3.00. The highest BCUT2D eigenvalue weighted by Gasteiger charge is 2.10. The molecule has 2 aromatic rings. The quantitative estimate of drug-likeness (QED) is 0.877. The Bertz CT molecular complexity index is 615. The maximum absolute atomic E-state index is 13.2. The predicted molar refractivity (Wildman–Crippen MR) is 87.1 cm³/mol. The van der Waals surface area contributed by atoms with Crippen molar-refractivity contribution in [3.05, 3.63) is 65.5 Å². The number of hydrogen-bond donors (Lipinski definition) is 1. The molecule has 1 N–H and O–H groups in total. The van der Waals surface area contributed by atoms with Crippen LogP contribution in [0.3, 0.4) is 0 Å². The summed E-state index contributed by atoms with van der Waals surface area (Å²) in [4.78, 5) is 12.0. The van der Waals surface area contributed by atoms with E-state index in [1.54, 1.807) is 17.8 Å². The van der Waals surface area contributed by atoms with Crippen molar-refractivity contribution in [2.45, 2.75) is 19.1 Å². The lowest BCUT2D eigenvalue weighted by Crippen LogP contribution is -2.15. The van der Waals surface area contributed by atoms with E-state index in [0.717, 1.165) is 5.56 Å². The van der Waals surface area contributed by atoms with E-state index in [4.69, 9.17) is 0 Å². The first-order chi connectivity index (χ1) is 10.1. The Morgan fingerprint density at radius 2 is 1.95 bits per heavy atom. The lowest BCUT2D eigenvalue weighted by atomic mass is 10.2. The van der Waals surface area contributed by atoms with Crippen LogP contribution >= 0.6 is 11.8 Å². The van der Waals surface area contributed by atoms with Crippen molar-refractivity contribution >= 4 is 23.4 Å². The normalized spacial score (nSPS) is 12.0. The largest absolute Gasteiger partial charge is 0.325 e. The summed E-state index contributed by atoms with van der Waals surface area (Å²) in [6, 6.07) is 14.4. The monoisotopic (exact) mass is 303 g/mol. The average Bonchev–Trinajstić information content (AvgIpc) is 2.49. The van der Waals surface area contributed by atoms with Crippen molar-refractivity contribution in [3.8, 4) is 0 Å². The zero-order valence-electron chi connectivity index (χ0n) is 12.1. The van der Waals surface area contributed by atoms with E-state index in [2.05, 4.69) is 12.2 Å². The molecule has 1 atom stereocenters. The van der Waals surface area contributed by atoms with Crippen LogP contribution in [-0.2, 0) is 4.79 Å². The highest BCUT2D eigenvalue weighted by Crippen LogP contribution is 2.28. The molecule has 21 heavy (non-hydrogen) atoms. The molecule has 0 spiro atoms. The van der Waals surface area contributed by atoms with Gasteiger partial charge in [-0.3, -0.25) is 4.79 Å². The molecular formula is C17H18FNOS. The van der Waals surface area contributed by atoms with Crippen LogP contribution in [0.2, 0.25) is 0 Å². The second-order valence-electron chi connectivity index (χ2n) is 4.87. The van der Waals surface area contributed by atoms with E-state index in [9.17, 15) is 9.18 Å². The Balaban J connectivity index is 1.89. The molecule has 0 aromatic heterocycles. The first-order valence-electron chi connectivity index (χ1n) is 6.79. The lowest BCUT2D eigenvalue weighted by molar-refractivity contribution is -0.113. The molecule has 4 heteroatoms. The number of carbonyl (C=O) groups is 1. The van der Waals surface area contributed by atoms with Crippen molar-refractivity contribution in [1.29, 1.82) is 0 Å². The van der Waals surface area contributed by atoms with Gasteiger partial charge in [0.15, 0.2) is 0 Å². The minimum Gasteiger partial charge on any atom is -0.325 e. The molecule has 0 aliphatic carbocycles. The highest BCUT2D eigenvalue weighted by atomic mass is 32.2. The molecule has 0 radical (unpaired) electrons. The molecule has 110 valence electrons. The van der Waals surface area contributed by atoms with Crippen LogP contribution in [-0.4, -0.2) is 11.7 Å². The maximum Gasteiger partial charge on any atom is 0.234 e. The van der Waals surface area contributed by atoms with Crippen molar-refractivity contribution in [1.82, 2.24) is 0 Å². The topological polar surface area (TPSA) is 29.1 Å². The molecular weight excluding hydrogens is 285 g/mol. The van der Waals surface area contributed by atoms with Gasteiger partial charge in [0.25, 0.3) is 0 Å². The fourth-order valence-corrected chi connectivity index (χ4v) is 2.76. The number of carbonyl (C=O) groups excluding carboxylic acids is 1. The van der Waals surface area contributed by atoms with Gasteiger partial charge in [0.05, 0.1) is 5.75 Å². The van der Waals surface area contributed by atoms with Crippen LogP contribution in [0.25, 0.3) is 0 Å². The van der Waals surface area contributed by atoms with Gasteiger partial charge < -0.3 is 5.32 Å². The molecule has 0 bridgehead atoms. The van der Waals surface area contributed by atoms with Gasteiger partial charge in [-0.05, 0) is 37.1 Å². The van der Waals surface area contributed by atoms with Gasteiger partial charge in [-0.15, -0.1) is 11.8 Å². The summed E-state index contributed by atoms with van der Waals surface area (Å²) in [5.41, 5.74) is 2.58. The van der Waals surface area contributed by atoms with E-state index in [0.29, 0.717) is 11.4 Å². The summed E-state index contributed by atoms with van der Waals surface area (Å²) in [6.07, 6.45) is 0. The summed E-state index contributed by atoms with van der Waals surface area (Å²) in [7, 11) is 0. The number of hydrogen-bond acceptors (Lipinski definition) is 2. The zero-order chi connectivity index (χ0) is 15.2. The molecule has 0 saturated heterocycles. The van der Waals surface area contributed by atoms with Crippen LogP contribution in [0.15, 0.2) is 48.5 Å². The number of anilines is 1.